The molecule has 0 fully saturated rings. The lowest BCUT2D eigenvalue weighted by Gasteiger charge is -2.14. The molecule has 5 heteroatoms. The maximum Gasteiger partial charge on any atom is 0.363 e. The fourth-order valence-corrected chi connectivity index (χ4v) is 1.77. The van der Waals surface area contributed by atoms with Crippen LogP contribution in [0.15, 0.2) is 42.6 Å². The third-order valence-corrected chi connectivity index (χ3v) is 2.90. The number of nitrogens with one attached hydrogen (secondary N) is 1. The lowest BCUT2D eigenvalue weighted by molar-refractivity contribution is -0.389. The summed E-state index contributed by atoms with van der Waals surface area (Å²) in [5.74, 6) is -0.145. The highest BCUT2D eigenvalue weighted by molar-refractivity contribution is 5.45. The normalized spacial score (nSPS) is 11.9. The summed E-state index contributed by atoms with van der Waals surface area (Å²) in [5.41, 5.74) is 3.13. The van der Waals surface area contributed by atoms with Crippen molar-refractivity contribution >= 4 is 11.5 Å². The molecular formula is C14H15N3O2. The Balaban J connectivity index is 2.08. The average molecular weight is 257 g/mol. The van der Waals surface area contributed by atoms with Crippen LogP contribution in [0.1, 0.15) is 24.1 Å². The molecular weight excluding hydrogens is 242 g/mol. The van der Waals surface area contributed by atoms with Crippen molar-refractivity contribution < 1.29 is 4.92 Å². The fraction of sp³-hybridized carbons (Fsp3) is 0.214. The number of anilines is 1. The second-order valence-corrected chi connectivity index (χ2v) is 4.44. The molecule has 19 heavy (non-hydrogen) atoms. The quantitative estimate of drug-likeness (QED) is 0.672. The number of hydrogen-bond acceptors (Lipinski definition) is 4. The highest BCUT2D eigenvalue weighted by Gasteiger charge is 2.09. The second-order valence-electron chi connectivity index (χ2n) is 4.44. The summed E-state index contributed by atoms with van der Waals surface area (Å²) in [6.45, 7) is 4.08. The van der Waals surface area contributed by atoms with Crippen LogP contribution in [0.5, 0.6) is 0 Å². The standard InChI is InChI=1S/C14H15N3O2/c1-10-3-5-12(6-4-10)11(2)16-13-7-8-14(15-9-13)17(18)19/h3-9,11,16H,1-2H3. The van der Waals surface area contributed by atoms with Gasteiger partial charge in [0.05, 0.1) is 5.69 Å². The molecule has 98 valence electrons. The molecule has 1 unspecified atom stereocenters. The topological polar surface area (TPSA) is 68.1 Å². The molecule has 1 heterocycles. The Morgan fingerprint density at radius 2 is 1.89 bits per heavy atom. The van der Waals surface area contributed by atoms with Gasteiger partial charge in [-0.25, -0.2) is 0 Å². The first-order valence-corrected chi connectivity index (χ1v) is 6.00. The van der Waals surface area contributed by atoms with E-state index in [-0.39, 0.29) is 11.9 Å². The molecule has 0 aliphatic carbocycles. The van der Waals surface area contributed by atoms with Crippen molar-refractivity contribution in [1.29, 1.82) is 0 Å². The first-order valence-electron chi connectivity index (χ1n) is 6.00. The minimum absolute atomic E-state index is 0.115. The monoisotopic (exact) mass is 257 g/mol. The lowest BCUT2D eigenvalue weighted by Crippen LogP contribution is -2.07. The SMILES string of the molecule is Cc1ccc(C(C)Nc2ccc([N+](=O)[O-])nc2)cc1. The Morgan fingerprint density at radius 1 is 1.21 bits per heavy atom. The van der Waals surface area contributed by atoms with Crippen molar-refractivity contribution in [2.24, 2.45) is 0 Å². The van der Waals surface area contributed by atoms with Gasteiger partial charge < -0.3 is 15.4 Å². The minimum atomic E-state index is -0.507. The Labute approximate surface area is 111 Å². The number of benzene rings is 1. The van der Waals surface area contributed by atoms with Crippen molar-refractivity contribution in [2.75, 3.05) is 5.32 Å². The van der Waals surface area contributed by atoms with Gasteiger partial charge in [-0.2, -0.15) is 0 Å². The van der Waals surface area contributed by atoms with Crippen LogP contribution in [0.25, 0.3) is 0 Å². The summed E-state index contributed by atoms with van der Waals surface area (Å²) in [6.07, 6.45) is 1.48. The smallest absolute Gasteiger partial charge is 0.363 e. The molecule has 0 aliphatic heterocycles. The molecule has 1 aromatic heterocycles. The number of pyridine rings is 1. The zero-order valence-corrected chi connectivity index (χ0v) is 10.8. The maximum absolute atomic E-state index is 10.5. The van der Waals surface area contributed by atoms with Gasteiger partial charge in [-0.05, 0) is 35.4 Å². The molecule has 2 aromatic rings. The van der Waals surface area contributed by atoms with Crippen LogP contribution in [-0.2, 0) is 0 Å². The third kappa shape index (κ3) is 3.28. The molecule has 1 aromatic carbocycles. The number of hydrogen-bond donors (Lipinski definition) is 1. The Hall–Kier alpha value is -2.43. The summed E-state index contributed by atoms with van der Waals surface area (Å²) in [4.78, 5) is 13.8. The number of aryl methyl sites for hydroxylation is 1. The Kier molecular flexibility index (Phi) is 3.75. The summed E-state index contributed by atoms with van der Waals surface area (Å²) in [7, 11) is 0. The van der Waals surface area contributed by atoms with Crippen molar-refractivity contribution in [3.63, 3.8) is 0 Å². The van der Waals surface area contributed by atoms with E-state index in [1.54, 1.807) is 6.07 Å². The summed E-state index contributed by atoms with van der Waals surface area (Å²) in [5, 5.41) is 13.8. The van der Waals surface area contributed by atoms with Crippen LogP contribution in [0.2, 0.25) is 0 Å². The summed E-state index contributed by atoms with van der Waals surface area (Å²) in [6, 6.07) is 11.4. The molecule has 0 saturated carbocycles. The molecule has 0 radical (unpaired) electrons. The summed E-state index contributed by atoms with van der Waals surface area (Å²) < 4.78 is 0. The van der Waals surface area contributed by atoms with Gasteiger partial charge in [0.1, 0.15) is 0 Å². The van der Waals surface area contributed by atoms with Gasteiger partial charge in [-0.3, -0.25) is 0 Å². The van der Waals surface area contributed by atoms with E-state index in [0.717, 1.165) is 11.3 Å². The van der Waals surface area contributed by atoms with E-state index in [0.29, 0.717) is 0 Å². The van der Waals surface area contributed by atoms with Crippen LogP contribution in [0, 0.1) is 17.0 Å². The third-order valence-electron chi connectivity index (χ3n) is 2.90. The van der Waals surface area contributed by atoms with E-state index in [1.807, 2.05) is 13.8 Å². The predicted octanol–water partition coefficient (Wildman–Crippen LogP) is 3.47. The van der Waals surface area contributed by atoms with Gasteiger partial charge >= 0.3 is 5.82 Å². The van der Waals surface area contributed by atoms with E-state index in [2.05, 4.69) is 34.6 Å². The molecule has 0 aliphatic rings. The van der Waals surface area contributed by atoms with Crippen molar-refractivity contribution in [1.82, 2.24) is 4.98 Å². The molecule has 2 rings (SSSR count). The van der Waals surface area contributed by atoms with Crippen molar-refractivity contribution in [3.05, 3.63) is 63.8 Å². The molecule has 0 spiro atoms. The Bertz CT molecular complexity index is 564. The number of nitro groups is 1. The molecule has 5 nitrogen and oxygen atoms in total. The van der Waals surface area contributed by atoms with E-state index in [1.165, 1.54) is 17.8 Å². The number of aromatic nitrogens is 1. The van der Waals surface area contributed by atoms with Crippen LogP contribution >= 0.6 is 0 Å². The molecule has 1 N–H and O–H groups in total. The molecule has 0 bridgehead atoms. The van der Waals surface area contributed by atoms with Crippen molar-refractivity contribution in [3.8, 4) is 0 Å². The highest BCUT2D eigenvalue weighted by atomic mass is 16.6. The van der Waals surface area contributed by atoms with Gasteiger partial charge in [0.15, 0.2) is 6.20 Å². The van der Waals surface area contributed by atoms with Crippen LogP contribution in [-0.4, -0.2) is 9.91 Å². The number of nitrogens with zero attached hydrogens (tertiary/aromatic N) is 2. The van der Waals surface area contributed by atoms with Gasteiger partial charge in [0, 0.05) is 12.1 Å². The number of rotatable bonds is 4. The van der Waals surface area contributed by atoms with Crippen LogP contribution in [0.3, 0.4) is 0 Å². The van der Waals surface area contributed by atoms with Crippen LogP contribution in [0.4, 0.5) is 11.5 Å². The fourth-order valence-electron chi connectivity index (χ4n) is 1.77. The first kappa shape index (κ1) is 13.0. The van der Waals surface area contributed by atoms with E-state index < -0.39 is 4.92 Å². The van der Waals surface area contributed by atoms with E-state index in [4.69, 9.17) is 0 Å². The predicted molar refractivity (Wildman–Crippen MR) is 74.1 cm³/mol. The average Bonchev–Trinajstić information content (AvgIpc) is 2.40. The molecule has 0 amide bonds. The van der Waals surface area contributed by atoms with Gasteiger partial charge in [0.25, 0.3) is 0 Å². The van der Waals surface area contributed by atoms with Crippen molar-refractivity contribution in [2.45, 2.75) is 19.9 Å². The minimum Gasteiger partial charge on any atom is -0.375 e. The lowest BCUT2D eigenvalue weighted by atomic mass is 10.1. The second kappa shape index (κ2) is 5.48. The Morgan fingerprint density at radius 3 is 2.42 bits per heavy atom. The van der Waals surface area contributed by atoms with Gasteiger partial charge in [-0.1, -0.05) is 29.8 Å². The zero-order chi connectivity index (χ0) is 13.8. The largest absolute Gasteiger partial charge is 0.375 e. The molecule has 1 atom stereocenters. The maximum atomic E-state index is 10.5. The van der Waals surface area contributed by atoms with Crippen LogP contribution < -0.4 is 5.32 Å². The molecule has 0 saturated heterocycles. The first-order chi connectivity index (χ1) is 9.06. The van der Waals surface area contributed by atoms with Gasteiger partial charge in [-0.15, -0.1) is 0 Å². The highest BCUT2D eigenvalue weighted by Crippen LogP contribution is 2.20. The van der Waals surface area contributed by atoms with Gasteiger partial charge in [0.2, 0.25) is 0 Å². The zero-order valence-electron chi connectivity index (χ0n) is 10.8. The van der Waals surface area contributed by atoms with E-state index in [9.17, 15) is 10.1 Å². The summed E-state index contributed by atoms with van der Waals surface area (Å²) >= 11 is 0. The van der Waals surface area contributed by atoms with E-state index >= 15 is 0 Å².